The van der Waals surface area contributed by atoms with Gasteiger partial charge in [-0.3, -0.25) is 4.79 Å². The van der Waals surface area contributed by atoms with Crippen LogP contribution in [0.3, 0.4) is 0 Å². The number of carbonyl (C=O) groups excluding carboxylic acids is 1. The fourth-order valence-corrected chi connectivity index (χ4v) is 2.55. The van der Waals surface area contributed by atoms with E-state index in [4.69, 9.17) is 5.26 Å². The van der Waals surface area contributed by atoms with Gasteiger partial charge < -0.3 is 10.6 Å². The first-order chi connectivity index (χ1) is 13.3. The zero-order chi connectivity index (χ0) is 20.1. The van der Waals surface area contributed by atoms with E-state index in [0.29, 0.717) is 22.8 Å². The third-order valence-electron chi connectivity index (χ3n) is 4.21. The molecule has 3 aromatic rings. The number of hydrogen-bond acceptors (Lipinski definition) is 5. The van der Waals surface area contributed by atoms with Crippen LogP contribution in [0.4, 0.5) is 17.3 Å². The molecule has 2 N–H and O–H groups in total. The third kappa shape index (κ3) is 4.71. The summed E-state index contributed by atoms with van der Waals surface area (Å²) in [5.41, 5.74) is 3.16. The van der Waals surface area contributed by atoms with E-state index in [2.05, 4.69) is 47.7 Å². The smallest absolute Gasteiger partial charge is 0.256 e. The van der Waals surface area contributed by atoms with E-state index in [1.165, 1.54) is 5.56 Å². The average Bonchev–Trinajstić information content (AvgIpc) is 2.69. The molecule has 1 heterocycles. The first kappa shape index (κ1) is 19.1. The van der Waals surface area contributed by atoms with E-state index in [-0.39, 0.29) is 11.3 Å². The monoisotopic (exact) mass is 371 g/mol. The topological polar surface area (TPSA) is 90.7 Å². The van der Waals surface area contributed by atoms with Crippen molar-refractivity contribution in [2.24, 2.45) is 0 Å². The van der Waals surface area contributed by atoms with Gasteiger partial charge in [-0.25, -0.2) is 0 Å². The Morgan fingerprint density at radius 3 is 2.04 bits per heavy atom. The molecule has 140 valence electrons. The van der Waals surface area contributed by atoms with Crippen LogP contribution in [0.5, 0.6) is 0 Å². The van der Waals surface area contributed by atoms with Crippen LogP contribution >= 0.6 is 0 Å². The summed E-state index contributed by atoms with van der Waals surface area (Å²) in [6.07, 6.45) is 0. The Kier molecular flexibility index (Phi) is 5.37. The lowest BCUT2D eigenvalue weighted by atomic mass is 9.87. The predicted octanol–water partition coefficient (Wildman–Crippen LogP) is 4.64. The average molecular weight is 371 g/mol. The summed E-state index contributed by atoms with van der Waals surface area (Å²) in [7, 11) is 0. The molecular formula is C22H21N5O. The highest BCUT2D eigenvalue weighted by Gasteiger charge is 2.14. The van der Waals surface area contributed by atoms with Crippen molar-refractivity contribution in [2.75, 3.05) is 10.6 Å². The van der Waals surface area contributed by atoms with Crippen molar-refractivity contribution >= 4 is 23.2 Å². The van der Waals surface area contributed by atoms with Gasteiger partial charge in [0.05, 0.1) is 11.6 Å². The van der Waals surface area contributed by atoms with Gasteiger partial charge in [0, 0.05) is 11.3 Å². The molecule has 3 rings (SSSR count). The van der Waals surface area contributed by atoms with Crippen molar-refractivity contribution in [2.45, 2.75) is 26.2 Å². The second kappa shape index (κ2) is 7.89. The summed E-state index contributed by atoms with van der Waals surface area (Å²) in [6, 6.07) is 20.0. The number of nitrogens with one attached hydrogen (secondary N) is 2. The van der Waals surface area contributed by atoms with Crippen molar-refractivity contribution in [1.29, 1.82) is 5.26 Å². The Hall–Kier alpha value is -3.72. The first-order valence-corrected chi connectivity index (χ1v) is 8.88. The lowest BCUT2D eigenvalue weighted by Gasteiger charge is -2.19. The summed E-state index contributed by atoms with van der Waals surface area (Å²) in [5.74, 6) is 0.676. The van der Waals surface area contributed by atoms with Gasteiger partial charge in [-0.2, -0.15) is 5.26 Å². The molecule has 28 heavy (non-hydrogen) atoms. The molecule has 6 nitrogen and oxygen atoms in total. The number of aromatic nitrogens is 2. The van der Waals surface area contributed by atoms with Crippen LogP contribution < -0.4 is 10.6 Å². The van der Waals surface area contributed by atoms with Crippen molar-refractivity contribution in [1.82, 2.24) is 10.2 Å². The maximum atomic E-state index is 12.4. The Bertz CT molecular complexity index is 995. The molecule has 0 aliphatic rings. The van der Waals surface area contributed by atoms with Crippen LogP contribution in [0, 0.1) is 11.3 Å². The van der Waals surface area contributed by atoms with Gasteiger partial charge in [0.2, 0.25) is 0 Å². The van der Waals surface area contributed by atoms with Gasteiger partial charge in [-0.1, -0.05) is 32.9 Å². The van der Waals surface area contributed by atoms with Crippen LogP contribution in [-0.2, 0) is 5.41 Å². The molecule has 0 saturated carbocycles. The summed E-state index contributed by atoms with van der Waals surface area (Å²) < 4.78 is 0. The summed E-state index contributed by atoms with van der Waals surface area (Å²) in [5, 5.41) is 22.8. The van der Waals surface area contributed by atoms with E-state index in [9.17, 15) is 4.79 Å². The number of benzene rings is 2. The van der Waals surface area contributed by atoms with E-state index >= 15 is 0 Å². The van der Waals surface area contributed by atoms with Gasteiger partial charge in [0.25, 0.3) is 5.91 Å². The number of anilines is 3. The molecule has 0 atom stereocenters. The standard InChI is InChI=1S/C22H21N5O/c1-22(2,3)17-8-6-16(7-9-17)21(28)25-20-13-12-19(26-27-20)24-18-10-4-15(14-23)5-11-18/h4-13H,1-3H3,(H,24,26)(H,25,27,28). The number of nitriles is 1. The lowest BCUT2D eigenvalue weighted by molar-refractivity contribution is 0.102. The van der Waals surface area contributed by atoms with Crippen molar-refractivity contribution in [3.05, 3.63) is 77.4 Å². The van der Waals surface area contributed by atoms with Gasteiger partial charge in [0.1, 0.15) is 0 Å². The fraction of sp³-hybridized carbons (Fsp3) is 0.182. The number of nitrogens with zero attached hydrogens (tertiary/aromatic N) is 3. The molecule has 0 aliphatic carbocycles. The summed E-state index contributed by atoms with van der Waals surface area (Å²) >= 11 is 0. The minimum atomic E-state index is -0.234. The van der Waals surface area contributed by atoms with Gasteiger partial charge in [-0.05, 0) is 59.5 Å². The number of carbonyl (C=O) groups is 1. The molecule has 0 aliphatic heterocycles. The zero-order valence-corrected chi connectivity index (χ0v) is 16.0. The Labute approximate surface area is 164 Å². The Balaban J connectivity index is 1.63. The van der Waals surface area contributed by atoms with Crippen molar-refractivity contribution in [3.8, 4) is 6.07 Å². The quantitative estimate of drug-likeness (QED) is 0.697. The van der Waals surface area contributed by atoms with E-state index in [1.807, 2.05) is 24.3 Å². The van der Waals surface area contributed by atoms with Crippen molar-refractivity contribution < 1.29 is 4.79 Å². The van der Waals surface area contributed by atoms with Crippen LogP contribution in [-0.4, -0.2) is 16.1 Å². The SMILES string of the molecule is CC(C)(C)c1ccc(C(=O)Nc2ccc(Nc3ccc(C#N)cc3)nn2)cc1. The molecule has 0 spiro atoms. The highest BCUT2D eigenvalue weighted by Crippen LogP contribution is 2.22. The van der Waals surface area contributed by atoms with Gasteiger partial charge in [0.15, 0.2) is 11.6 Å². The van der Waals surface area contributed by atoms with Crippen LogP contribution in [0.15, 0.2) is 60.7 Å². The fourth-order valence-electron chi connectivity index (χ4n) is 2.55. The Morgan fingerprint density at radius 1 is 0.893 bits per heavy atom. The van der Waals surface area contributed by atoms with Crippen LogP contribution in [0.25, 0.3) is 0 Å². The summed E-state index contributed by atoms with van der Waals surface area (Å²) in [6.45, 7) is 6.39. The largest absolute Gasteiger partial charge is 0.339 e. The Morgan fingerprint density at radius 2 is 1.50 bits per heavy atom. The zero-order valence-electron chi connectivity index (χ0n) is 16.0. The molecule has 6 heteroatoms. The molecular weight excluding hydrogens is 350 g/mol. The van der Waals surface area contributed by atoms with Crippen molar-refractivity contribution in [3.63, 3.8) is 0 Å². The van der Waals surface area contributed by atoms with Gasteiger partial charge in [-0.15, -0.1) is 10.2 Å². The minimum Gasteiger partial charge on any atom is -0.339 e. The molecule has 0 fully saturated rings. The molecule has 1 aromatic heterocycles. The minimum absolute atomic E-state index is 0.0399. The lowest BCUT2D eigenvalue weighted by Crippen LogP contribution is -2.15. The number of hydrogen-bond donors (Lipinski definition) is 2. The molecule has 2 aromatic carbocycles. The number of amides is 1. The number of rotatable bonds is 4. The molecule has 0 saturated heterocycles. The second-order valence-electron chi connectivity index (χ2n) is 7.40. The molecule has 0 radical (unpaired) electrons. The highest BCUT2D eigenvalue weighted by atomic mass is 16.1. The van der Waals surface area contributed by atoms with E-state index in [1.54, 1.807) is 36.4 Å². The predicted molar refractivity (Wildman–Crippen MR) is 110 cm³/mol. The van der Waals surface area contributed by atoms with E-state index < -0.39 is 0 Å². The second-order valence-corrected chi connectivity index (χ2v) is 7.40. The maximum Gasteiger partial charge on any atom is 0.256 e. The van der Waals surface area contributed by atoms with Gasteiger partial charge >= 0.3 is 0 Å². The highest BCUT2D eigenvalue weighted by molar-refractivity contribution is 6.03. The van der Waals surface area contributed by atoms with Crippen LogP contribution in [0.1, 0.15) is 42.3 Å². The molecule has 0 bridgehead atoms. The molecule has 0 unspecified atom stereocenters. The molecule has 1 amide bonds. The van der Waals surface area contributed by atoms with E-state index in [0.717, 1.165) is 5.69 Å². The third-order valence-corrected chi connectivity index (χ3v) is 4.21. The summed E-state index contributed by atoms with van der Waals surface area (Å²) in [4.78, 5) is 12.4. The normalized spacial score (nSPS) is 10.8. The first-order valence-electron chi connectivity index (χ1n) is 8.88. The van der Waals surface area contributed by atoms with Crippen LogP contribution in [0.2, 0.25) is 0 Å². The maximum absolute atomic E-state index is 12.4.